The predicted molar refractivity (Wildman–Crippen MR) is 83.9 cm³/mol. The van der Waals surface area contributed by atoms with Gasteiger partial charge < -0.3 is 20.1 Å². The van der Waals surface area contributed by atoms with Gasteiger partial charge in [0.15, 0.2) is 0 Å². The summed E-state index contributed by atoms with van der Waals surface area (Å²) < 4.78 is 58.0. The summed E-state index contributed by atoms with van der Waals surface area (Å²) in [7, 11) is 1.11. The number of anilines is 1. The number of nitrogens with zero attached hydrogens (tertiary/aromatic N) is 1. The Morgan fingerprint density at radius 1 is 1.38 bits per heavy atom. The number of piperidine rings is 1. The van der Waals surface area contributed by atoms with Crippen LogP contribution in [0, 0.1) is 5.92 Å². The number of carboxylic acid groups (broad SMARTS) is 1. The maximum Gasteiger partial charge on any atom is 0.418 e. The first-order valence-electron chi connectivity index (χ1n) is 7.79. The molecule has 0 saturated carbocycles. The van der Waals surface area contributed by atoms with Gasteiger partial charge in [-0.1, -0.05) is 0 Å². The summed E-state index contributed by atoms with van der Waals surface area (Å²) in [6, 6.07) is 2.77. The number of carbonyl (C=O) groups is 2. The number of rotatable bonds is 4. The molecule has 1 aromatic rings. The number of halogens is 4. The number of nitrogens with one attached hydrogen (secondary N) is 1. The van der Waals surface area contributed by atoms with E-state index in [1.807, 2.05) is 0 Å². The van der Waals surface area contributed by atoms with Crippen molar-refractivity contribution in [2.24, 2.45) is 5.92 Å². The van der Waals surface area contributed by atoms with Gasteiger partial charge in [-0.25, -0.2) is 14.0 Å². The molecule has 0 bridgehead atoms. The first-order chi connectivity index (χ1) is 12.1. The van der Waals surface area contributed by atoms with Gasteiger partial charge in [0, 0.05) is 24.7 Å². The lowest BCUT2D eigenvalue weighted by Crippen LogP contribution is -2.46. The Labute approximate surface area is 146 Å². The van der Waals surface area contributed by atoms with E-state index in [4.69, 9.17) is 5.11 Å². The van der Waals surface area contributed by atoms with E-state index in [1.54, 1.807) is 0 Å². The lowest BCUT2D eigenvalue weighted by atomic mass is 9.94. The normalized spacial score (nSPS) is 20.6. The van der Waals surface area contributed by atoms with Crippen LogP contribution in [0.4, 0.5) is 28.0 Å². The van der Waals surface area contributed by atoms with E-state index < -0.39 is 35.9 Å². The van der Waals surface area contributed by atoms with E-state index in [9.17, 15) is 27.2 Å². The molecule has 1 aromatic carbocycles. The summed E-state index contributed by atoms with van der Waals surface area (Å²) in [6.07, 6.45) is -7.20. The number of esters is 1. The number of ether oxygens (including phenoxy) is 1. The van der Waals surface area contributed by atoms with Gasteiger partial charge in [-0.2, -0.15) is 13.2 Å². The minimum Gasteiger partial charge on any atom is -0.465 e. The fourth-order valence-electron chi connectivity index (χ4n) is 2.78. The number of carbonyl (C=O) groups excluding carboxylic acids is 1. The SMILES string of the molecule is COC(=O)c1ccc(C(F)(F)F)c(NC[C@@H]2CCN(C(=O)O)C[C@H]2F)c1. The van der Waals surface area contributed by atoms with Crippen molar-refractivity contribution in [1.82, 2.24) is 4.90 Å². The molecule has 1 aliphatic rings. The summed E-state index contributed by atoms with van der Waals surface area (Å²) in [5, 5.41) is 11.4. The number of methoxy groups -OCH3 is 1. The van der Waals surface area contributed by atoms with E-state index in [1.165, 1.54) is 0 Å². The number of hydrogen-bond acceptors (Lipinski definition) is 4. The summed E-state index contributed by atoms with van der Waals surface area (Å²) in [5.41, 5.74) is -1.41. The first kappa shape index (κ1) is 19.8. The first-order valence-corrected chi connectivity index (χ1v) is 7.79. The number of benzene rings is 1. The number of alkyl halides is 4. The van der Waals surface area contributed by atoms with Gasteiger partial charge in [-0.15, -0.1) is 0 Å². The molecular weight excluding hydrogens is 360 g/mol. The zero-order chi connectivity index (χ0) is 19.5. The maximum absolute atomic E-state index is 14.1. The van der Waals surface area contributed by atoms with Gasteiger partial charge in [0.25, 0.3) is 0 Å². The van der Waals surface area contributed by atoms with E-state index in [0.29, 0.717) is 0 Å². The number of hydrogen-bond donors (Lipinski definition) is 2. The van der Waals surface area contributed by atoms with E-state index >= 15 is 0 Å². The number of likely N-dealkylation sites (tertiary alicyclic amines) is 1. The zero-order valence-electron chi connectivity index (χ0n) is 13.8. The average molecular weight is 378 g/mol. The van der Waals surface area contributed by atoms with E-state index in [-0.39, 0.29) is 37.3 Å². The highest BCUT2D eigenvalue weighted by molar-refractivity contribution is 5.90. The molecule has 10 heteroatoms. The third kappa shape index (κ3) is 4.55. The molecule has 1 heterocycles. The summed E-state index contributed by atoms with van der Waals surface area (Å²) in [4.78, 5) is 23.3. The van der Waals surface area contributed by atoms with Crippen molar-refractivity contribution in [2.75, 3.05) is 32.1 Å². The Kier molecular flexibility index (Phi) is 5.94. The standard InChI is InChI=1S/C16H18F4N2O4/c1-26-14(23)9-2-3-11(16(18,19)20)13(6-9)21-7-10-4-5-22(15(24)25)8-12(10)17/h2-3,6,10,12,21H,4-5,7-8H2,1H3,(H,24,25)/t10-,12+/m0/s1. The van der Waals surface area contributed by atoms with Crippen molar-refractivity contribution in [3.8, 4) is 0 Å². The van der Waals surface area contributed by atoms with Crippen LogP contribution >= 0.6 is 0 Å². The van der Waals surface area contributed by atoms with Crippen LogP contribution < -0.4 is 5.32 Å². The molecule has 2 N–H and O–H groups in total. The highest BCUT2D eigenvalue weighted by Gasteiger charge is 2.35. The van der Waals surface area contributed by atoms with Crippen LogP contribution in [-0.4, -0.2) is 55.0 Å². The van der Waals surface area contributed by atoms with Crippen molar-refractivity contribution in [3.05, 3.63) is 29.3 Å². The Bertz CT molecular complexity index is 681. The van der Waals surface area contributed by atoms with Crippen molar-refractivity contribution < 1.29 is 37.0 Å². The summed E-state index contributed by atoms with van der Waals surface area (Å²) in [6.45, 7) is -0.339. The summed E-state index contributed by atoms with van der Waals surface area (Å²) >= 11 is 0. The molecule has 0 spiro atoms. The van der Waals surface area contributed by atoms with Crippen molar-refractivity contribution >= 4 is 17.7 Å². The molecule has 26 heavy (non-hydrogen) atoms. The van der Waals surface area contributed by atoms with Crippen LogP contribution in [-0.2, 0) is 10.9 Å². The molecule has 1 amide bonds. The number of amides is 1. The van der Waals surface area contributed by atoms with Crippen molar-refractivity contribution in [1.29, 1.82) is 0 Å². The smallest absolute Gasteiger partial charge is 0.418 e. The van der Waals surface area contributed by atoms with Crippen molar-refractivity contribution in [2.45, 2.75) is 18.8 Å². The molecule has 144 valence electrons. The minimum absolute atomic E-state index is 0.0690. The van der Waals surface area contributed by atoms with Gasteiger partial charge in [0.05, 0.1) is 24.8 Å². The van der Waals surface area contributed by atoms with E-state index in [2.05, 4.69) is 10.1 Å². The predicted octanol–water partition coefficient (Wildman–Crippen LogP) is 3.24. The molecule has 1 aliphatic heterocycles. The van der Waals surface area contributed by atoms with Gasteiger partial charge in [-0.05, 0) is 24.6 Å². The fraction of sp³-hybridized carbons (Fsp3) is 0.500. The average Bonchev–Trinajstić information content (AvgIpc) is 2.58. The molecule has 0 radical (unpaired) electrons. The molecule has 0 aliphatic carbocycles. The molecule has 1 fully saturated rings. The highest BCUT2D eigenvalue weighted by Crippen LogP contribution is 2.36. The highest BCUT2D eigenvalue weighted by atomic mass is 19.4. The Morgan fingerprint density at radius 2 is 2.08 bits per heavy atom. The second-order valence-electron chi connectivity index (χ2n) is 5.92. The second kappa shape index (κ2) is 7.79. The Morgan fingerprint density at radius 3 is 2.62 bits per heavy atom. The van der Waals surface area contributed by atoms with Gasteiger partial charge >= 0.3 is 18.2 Å². The van der Waals surface area contributed by atoms with Crippen LogP contribution in [0.25, 0.3) is 0 Å². The monoisotopic (exact) mass is 378 g/mol. The van der Waals surface area contributed by atoms with E-state index in [0.717, 1.165) is 30.2 Å². The fourth-order valence-corrected chi connectivity index (χ4v) is 2.78. The molecule has 6 nitrogen and oxygen atoms in total. The summed E-state index contributed by atoms with van der Waals surface area (Å²) in [5.74, 6) is -1.44. The molecule has 2 rings (SSSR count). The van der Waals surface area contributed by atoms with Crippen LogP contribution in [0.5, 0.6) is 0 Å². The van der Waals surface area contributed by atoms with Gasteiger partial charge in [-0.3, -0.25) is 0 Å². The third-order valence-corrected chi connectivity index (χ3v) is 4.25. The molecule has 2 atom stereocenters. The Hall–Kier alpha value is -2.52. The molecule has 1 saturated heterocycles. The minimum atomic E-state index is -4.65. The lowest BCUT2D eigenvalue weighted by Gasteiger charge is -2.33. The lowest BCUT2D eigenvalue weighted by molar-refractivity contribution is -0.137. The second-order valence-corrected chi connectivity index (χ2v) is 5.92. The van der Waals surface area contributed by atoms with Crippen LogP contribution in [0.3, 0.4) is 0 Å². The van der Waals surface area contributed by atoms with Gasteiger partial charge in [0.1, 0.15) is 6.17 Å². The van der Waals surface area contributed by atoms with Crippen molar-refractivity contribution in [3.63, 3.8) is 0 Å². The zero-order valence-corrected chi connectivity index (χ0v) is 13.8. The van der Waals surface area contributed by atoms with Crippen LogP contribution in [0.1, 0.15) is 22.3 Å². The van der Waals surface area contributed by atoms with Crippen LogP contribution in [0.2, 0.25) is 0 Å². The third-order valence-electron chi connectivity index (χ3n) is 4.25. The Balaban J connectivity index is 2.14. The molecule has 0 unspecified atom stereocenters. The van der Waals surface area contributed by atoms with Crippen LogP contribution in [0.15, 0.2) is 18.2 Å². The molecular formula is C16H18F4N2O4. The quantitative estimate of drug-likeness (QED) is 0.621. The van der Waals surface area contributed by atoms with Gasteiger partial charge in [0.2, 0.25) is 0 Å². The maximum atomic E-state index is 14.1. The largest absolute Gasteiger partial charge is 0.465 e. The molecule has 0 aromatic heterocycles. The topological polar surface area (TPSA) is 78.9 Å².